The van der Waals surface area contributed by atoms with E-state index in [1.165, 1.54) is 6.42 Å². The Balaban J connectivity index is 2.14. The molecule has 2 rings (SSSR count). The van der Waals surface area contributed by atoms with Gasteiger partial charge in [-0.3, -0.25) is 0 Å². The highest BCUT2D eigenvalue weighted by molar-refractivity contribution is 5.17. The molecule has 1 fully saturated rings. The lowest BCUT2D eigenvalue weighted by atomic mass is 9.86. The lowest BCUT2D eigenvalue weighted by Gasteiger charge is -2.24. The smallest absolute Gasteiger partial charge is 0.218 e. The SMILES string of the molecule is Cn1nc(C2CCCC(N)C2)nc1N. The fourth-order valence-electron chi connectivity index (χ4n) is 2.05. The first-order chi connectivity index (χ1) is 6.66. The van der Waals surface area contributed by atoms with Gasteiger partial charge in [0.05, 0.1) is 0 Å². The van der Waals surface area contributed by atoms with Gasteiger partial charge in [0.2, 0.25) is 5.95 Å². The maximum atomic E-state index is 5.91. The molecule has 4 N–H and O–H groups in total. The van der Waals surface area contributed by atoms with Crippen molar-refractivity contribution in [2.45, 2.75) is 37.6 Å². The highest BCUT2D eigenvalue weighted by atomic mass is 15.4. The summed E-state index contributed by atoms with van der Waals surface area (Å²) in [7, 11) is 1.81. The van der Waals surface area contributed by atoms with Crippen LogP contribution in [0.2, 0.25) is 0 Å². The van der Waals surface area contributed by atoms with Gasteiger partial charge < -0.3 is 11.5 Å². The second-order valence-corrected chi connectivity index (χ2v) is 4.08. The Labute approximate surface area is 83.5 Å². The predicted molar refractivity (Wildman–Crippen MR) is 54.6 cm³/mol. The van der Waals surface area contributed by atoms with Crippen LogP contribution in [-0.2, 0) is 7.05 Å². The summed E-state index contributed by atoms with van der Waals surface area (Å²) in [4.78, 5) is 4.24. The van der Waals surface area contributed by atoms with E-state index in [1.807, 2.05) is 7.05 Å². The van der Waals surface area contributed by atoms with Crippen LogP contribution >= 0.6 is 0 Å². The average molecular weight is 195 g/mol. The van der Waals surface area contributed by atoms with E-state index in [9.17, 15) is 0 Å². The van der Waals surface area contributed by atoms with E-state index >= 15 is 0 Å². The summed E-state index contributed by atoms with van der Waals surface area (Å²) in [5.74, 6) is 1.75. The molecule has 1 aromatic rings. The van der Waals surface area contributed by atoms with Crippen molar-refractivity contribution in [3.05, 3.63) is 5.82 Å². The zero-order valence-electron chi connectivity index (χ0n) is 8.48. The van der Waals surface area contributed by atoms with Gasteiger partial charge in [0.25, 0.3) is 0 Å². The standard InChI is InChI=1S/C9H17N5/c1-14-9(11)12-8(13-14)6-3-2-4-7(10)5-6/h6-7H,2-5,10H2,1H3,(H2,11,12,13). The fourth-order valence-corrected chi connectivity index (χ4v) is 2.05. The van der Waals surface area contributed by atoms with Crippen molar-refractivity contribution in [3.8, 4) is 0 Å². The molecule has 0 aliphatic heterocycles. The van der Waals surface area contributed by atoms with Gasteiger partial charge in [0.15, 0.2) is 5.82 Å². The molecule has 0 saturated heterocycles. The van der Waals surface area contributed by atoms with Gasteiger partial charge in [-0.1, -0.05) is 6.42 Å². The Kier molecular flexibility index (Phi) is 2.41. The highest BCUT2D eigenvalue weighted by Crippen LogP contribution is 2.30. The molecule has 78 valence electrons. The van der Waals surface area contributed by atoms with Crippen molar-refractivity contribution < 1.29 is 0 Å². The maximum Gasteiger partial charge on any atom is 0.218 e. The van der Waals surface area contributed by atoms with Gasteiger partial charge in [0, 0.05) is 19.0 Å². The minimum Gasteiger partial charge on any atom is -0.368 e. The molecule has 1 aliphatic carbocycles. The van der Waals surface area contributed by atoms with E-state index in [0.29, 0.717) is 17.9 Å². The molecule has 5 heteroatoms. The molecule has 0 spiro atoms. The van der Waals surface area contributed by atoms with Gasteiger partial charge in [-0.2, -0.15) is 10.1 Å². The lowest BCUT2D eigenvalue weighted by Crippen LogP contribution is -2.27. The molecule has 1 heterocycles. The summed E-state index contributed by atoms with van der Waals surface area (Å²) in [5, 5.41) is 4.29. The Hall–Kier alpha value is -1.10. The Morgan fingerprint density at radius 2 is 2.21 bits per heavy atom. The van der Waals surface area contributed by atoms with E-state index in [0.717, 1.165) is 25.1 Å². The minimum atomic E-state index is 0.304. The number of hydrogen-bond acceptors (Lipinski definition) is 4. The molecule has 2 unspecified atom stereocenters. The highest BCUT2D eigenvalue weighted by Gasteiger charge is 2.24. The van der Waals surface area contributed by atoms with Crippen LogP contribution in [0, 0.1) is 0 Å². The van der Waals surface area contributed by atoms with E-state index in [4.69, 9.17) is 11.5 Å². The Bertz CT molecular complexity index is 300. The molecule has 1 saturated carbocycles. The molecular weight excluding hydrogens is 178 g/mol. The zero-order valence-corrected chi connectivity index (χ0v) is 8.48. The maximum absolute atomic E-state index is 5.91. The minimum absolute atomic E-state index is 0.304. The van der Waals surface area contributed by atoms with Gasteiger partial charge in [0.1, 0.15) is 0 Å². The van der Waals surface area contributed by atoms with Crippen molar-refractivity contribution in [1.29, 1.82) is 0 Å². The van der Waals surface area contributed by atoms with Crippen LogP contribution < -0.4 is 11.5 Å². The zero-order chi connectivity index (χ0) is 10.1. The largest absolute Gasteiger partial charge is 0.368 e. The predicted octanol–water partition coefficient (Wildman–Crippen LogP) is 0.382. The molecule has 0 bridgehead atoms. The van der Waals surface area contributed by atoms with E-state index in [1.54, 1.807) is 4.68 Å². The molecule has 1 aromatic heterocycles. The van der Waals surface area contributed by atoms with Gasteiger partial charge in [-0.25, -0.2) is 4.68 Å². The molecule has 0 amide bonds. The monoisotopic (exact) mass is 195 g/mol. The van der Waals surface area contributed by atoms with Crippen molar-refractivity contribution in [1.82, 2.24) is 14.8 Å². The Morgan fingerprint density at radius 3 is 2.79 bits per heavy atom. The van der Waals surface area contributed by atoms with E-state index < -0.39 is 0 Å². The number of nitrogen functional groups attached to an aromatic ring is 1. The van der Waals surface area contributed by atoms with Gasteiger partial charge >= 0.3 is 0 Å². The van der Waals surface area contributed by atoms with Crippen LogP contribution in [0.5, 0.6) is 0 Å². The number of nitrogens with two attached hydrogens (primary N) is 2. The summed E-state index contributed by atoms with van der Waals surface area (Å²) < 4.78 is 1.62. The molecule has 14 heavy (non-hydrogen) atoms. The molecule has 0 radical (unpaired) electrons. The van der Waals surface area contributed by atoms with Crippen molar-refractivity contribution >= 4 is 5.95 Å². The van der Waals surface area contributed by atoms with Crippen LogP contribution in [0.3, 0.4) is 0 Å². The van der Waals surface area contributed by atoms with E-state index in [-0.39, 0.29) is 0 Å². The summed E-state index contributed by atoms with van der Waals surface area (Å²) in [6.45, 7) is 0. The number of aryl methyl sites for hydroxylation is 1. The molecule has 0 aromatic carbocycles. The van der Waals surface area contributed by atoms with Gasteiger partial charge in [-0.05, 0) is 19.3 Å². The first-order valence-corrected chi connectivity index (χ1v) is 5.09. The molecule has 5 nitrogen and oxygen atoms in total. The number of rotatable bonds is 1. The average Bonchev–Trinajstić information content (AvgIpc) is 2.47. The van der Waals surface area contributed by atoms with Crippen LogP contribution in [0.25, 0.3) is 0 Å². The van der Waals surface area contributed by atoms with Crippen LogP contribution in [0.15, 0.2) is 0 Å². The number of anilines is 1. The van der Waals surface area contributed by atoms with E-state index in [2.05, 4.69) is 10.1 Å². The van der Waals surface area contributed by atoms with Gasteiger partial charge in [-0.15, -0.1) is 0 Å². The van der Waals surface area contributed by atoms with Crippen molar-refractivity contribution in [2.24, 2.45) is 12.8 Å². The van der Waals surface area contributed by atoms with Crippen molar-refractivity contribution in [2.75, 3.05) is 5.73 Å². The fraction of sp³-hybridized carbons (Fsp3) is 0.778. The molecule has 1 aliphatic rings. The number of nitrogens with zero attached hydrogens (tertiary/aromatic N) is 3. The first kappa shape index (κ1) is 9.45. The summed E-state index contributed by atoms with van der Waals surface area (Å²) in [6, 6.07) is 0.304. The quantitative estimate of drug-likeness (QED) is 0.678. The number of aromatic nitrogens is 3. The third-order valence-corrected chi connectivity index (χ3v) is 2.89. The first-order valence-electron chi connectivity index (χ1n) is 5.09. The van der Waals surface area contributed by atoms with Crippen LogP contribution in [0.4, 0.5) is 5.95 Å². The summed E-state index contributed by atoms with van der Waals surface area (Å²) >= 11 is 0. The normalized spacial score (nSPS) is 27.9. The number of hydrogen-bond donors (Lipinski definition) is 2. The second kappa shape index (κ2) is 3.57. The van der Waals surface area contributed by atoms with Crippen LogP contribution in [-0.4, -0.2) is 20.8 Å². The third-order valence-electron chi connectivity index (χ3n) is 2.89. The summed E-state index contributed by atoms with van der Waals surface area (Å²) in [6.07, 6.45) is 4.42. The summed E-state index contributed by atoms with van der Waals surface area (Å²) in [5.41, 5.74) is 11.6. The molecule has 2 atom stereocenters. The van der Waals surface area contributed by atoms with Crippen LogP contribution in [0.1, 0.15) is 37.4 Å². The third kappa shape index (κ3) is 1.72. The van der Waals surface area contributed by atoms with Crippen molar-refractivity contribution in [3.63, 3.8) is 0 Å². The Morgan fingerprint density at radius 1 is 1.43 bits per heavy atom. The lowest BCUT2D eigenvalue weighted by molar-refractivity contribution is 0.381. The second-order valence-electron chi connectivity index (χ2n) is 4.08. The topological polar surface area (TPSA) is 82.8 Å². The molecular formula is C9H17N5.